The second kappa shape index (κ2) is 7.49. The van der Waals surface area contributed by atoms with Crippen molar-refractivity contribution in [1.82, 2.24) is 0 Å². The molecule has 1 aromatic rings. The number of carbonyl (C=O) groups excluding carboxylic acids is 1. The van der Waals surface area contributed by atoms with Gasteiger partial charge < -0.3 is 19.3 Å². The first-order valence-corrected chi connectivity index (χ1v) is 6.89. The van der Waals surface area contributed by atoms with E-state index in [4.69, 9.17) is 9.47 Å². The maximum Gasteiger partial charge on any atom is 0.343 e. The quantitative estimate of drug-likeness (QED) is 0.577. The summed E-state index contributed by atoms with van der Waals surface area (Å²) in [5.41, 5.74) is 1.02. The maximum atomic E-state index is 13.6. The zero-order chi connectivity index (χ0) is 15.2. The van der Waals surface area contributed by atoms with E-state index in [1.54, 1.807) is 6.92 Å². The van der Waals surface area contributed by atoms with E-state index < -0.39 is 30.5 Å². The second-order valence-corrected chi connectivity index (χ2v) is 4.78. The van der Waals surface area contributed by atoms with Crippen molar-refractivity contribution in [3.05, 3.63) is 35.9 Å². The van der Waals surface area contributed by atoms with Crippen LogP contribution in [0.5, 0.6) is 0 Å². The summed E-state index contributed by atoms with van der Waals surface area (Å²) in [7, 11) is 0. The number of rotatable bonds is 8. The van der Waals surface area contributed by atoms with E-state index in [1.807, 2.05) is 30.3 Å². The number of halogens is 1. The minimum atomic E-state index is -2.09. The molecule has 0 amide bonds. The van der Waals surface area contributed by atoms with Gasteiger partial charge in [0.05, 0.1) is 19.8 Å². The summed E-state index contributed by atoms with van der Waals surface area (Å²) in [4.78, 5) is 11.2. The monoisotopic (exact) mass is 298 g/mol. The van der Waals surface area contributed by atoms with Gasteiger partial charge in [0.15, 0.2) is 0 Å². The molecule has 1 fully saturated rings. The topological polar surface area (TPSA) is 68.3 Å². The lowest BCUT2D eigenvalue weighted by Gasteiger charge is -2.12. The SMILES string of the molecule is CCOC(=O)[C@@H](F)[C@@H](O)[C@@H]1O[C@H]1COCc1ccccc1. The van der Waals surface area contributed by atoms with Gasteiger partial charge in [-0.2, -0.15) is 0 Å². The van der Waals surface area contributed by atoms with E-state index in [1.165, 1.54) is 0 Å². The van der Waals surface area contributed by atoms with Crippen LogP contribution in [0, 0.1) is 0 Å². The van der Waals surface area contributed by atoms with Gasteiger partial charge in [-0.25, -0.2) is 9.18 Å². The Balaban J connectivity index is 1.68. The van der Waals surface area contributed by atoms with E-state index in [2.05, 4.69) is 4.74 Å². The summed E-state index contributed by atoms with van der Waals surface area (Å²) >= 11 is 0. The van der Waals surface area contributed by atoms with E-state index in [0.717, 1.165) is 5.56 Å². The zero-order valence-corrected chi connectivity index (χ0v) is 11.8. The molecule has 4 atom stereocenters. The Morgan fingerprint density at radius 3 is 2.81 bits per heavy atom. The molecule has 1 N–H and O–H groups in total. The van der Waals surface area contributed by atoms with Crippen molar-refractivity contribution in [2.24, 2.45) is 0 Å². The predicted octanol–water partition coefficient (Wildman–Crippen LogP) is 1.23. The molecule has 0 saturated carbocycles. The third-order valence-corrected chi connectivity index (χ3v) is 3.16. The van der Waals surface area contributed by atoms with Crippen molar-refractivity contribution >= 4 is 5.97 Å². The summed E-state index contributed by atoms with van der Waals surface area (Å²) in [5.74, 6) is -1.07. The summed E-state index contributed by atoms with van der Waals surface area (Å²) in [6.07, 6.45) is -4.72. The Morgan fingerprint density at radius 1 is 1.43 bits per heavy atom. The highest BCUT2D eigenvalue weighted by Crippen LogP contribution is 2.29. The van der Waals surface area contributed by atoms with Gasteiger partial charge in [-0.15, -0.1) is 0 Å². The predicted molar refractivity (Wildman–Crippen MR) is 72.3 cm³/mol. The minimum absolute atomic E-state index is 0.0705. The first-order valence-electron chi connectivity index (χ1n) is 6.89. The lowest BCUT2D eigenvalue weighted by atomic mass is 10.1. The van der Waals surface area contributed by atoms with Crippen LogP contribution in [-0.4, -0.2) is 48.8 Å². The molecule has 5 nitrogen and oxygen atoms in total. The van der Waals surface area contributed by atoms with E-state index in [-0.39, 0.29) is 13.2 Å². The highest BCUT2D eigenvalue weighted by Gasteiger charge is 2.49. The second-order valence-electron chi connectivity index (χ2n) is 4.78. The van der Waals surface area contributed by atoms with Gasteiger partial charge in [0, 0.05) is 0 Å². The van der Waals surface area contributed by atoms with Gasteiger partial charge in [-0.3, -0.25) is 0 Å². The third kappa shape index (κ3) is 4.49. The van der Waals surface area contributed by atoms with Gasteiger partial charge in [0.2, 0.25) is 6.17 Å². The van der Waals surface area contributed by atoms with Crippen LogP contribution >= 0.6 is 0 Å². The number of carbonyl (C=O) groups is 1. The first kappa shape index (κ1) is 15.9. The van der Waals surface area contributed by atoms with Crippen LogP contribution in [0.3, 0.4) is 0 Å². The molecule has 0 aromatic heterocycles. The number of benzene rings is 1. The molecule has 0 spiro atoms. The molecule has 1 aromatic carbocycles. The number of aliphatic hydroxyl groups excluding tert-OH is 1. The Labute approximate surface area is 122 Å². The van der Waals surface area contributed by atoms with Crippen LogP contribution in [0.1, 0.15) is 12.5 Å². The number of alkyl halides is 1. The molecular weight excluding hydrogens is 279 g/mol. The summed E-state index contributed by atoms with van der Waals surface area (Å²) in [5, 5.41) is 9.68. The van der Waals surface area contributed by atoms with Gasteiger partial charge in [0.1, 0.15) is 18.3 Å². The molecule has 1 heterocycles. The van der Waals surface area contributed by atoms with Crippen LogP contribution in [-0.2, 0) is 25.6 Å². The molecule has 2 rings (SSSR count). The van der Waals surface area contributed by atoms with Gasteiger partial charge in [-0.05, 0) is 12.5 Å². The van der Waals surface area contributed by atoms with Crippen LogP contribution in [0.2, 0.25) is 0 Å². The fraction of sp³-hybridized carbons (Fsp3) is 0.533. The number of hydrogen-bond acceptors (Lipinski definition) is 5. The molecule has 1 aliphatic heterocycles. The molecule has 1 aliphatic rings. The summed E-state index contributed by atoms with van der Waals surface area (Å²) < 4.78 is 28.7. The van der Waals surface area contributed by atoms with Gasteiger partial charge in [0.25, 0.3) is 0 Å². The highest BCUT2D eigenvalue weighted by molar-refractivity contribution is 5.75. The maximum absolute atomic E-state index is 13.6. The highest BCUT2D eigenvalue weighted by atomic mass is 19.1. The van der Waals surface area contributed by atoms with Crippen molar-refractivity contribution in [3.63, 3.8) is 0 Å². The molecule has 0 radical (unpaired) electrons. The van der Waals surface area contributed by atoms with Crippen molar-refractivity contribution in [3.8, 4) is 0 Å². The van der Waals surface area contributed by atoms with Crippen LogP contribution in [0.4, 0.5) is 4.39 Å². The number of epoxide rings is 1. The van der Waals surface area contributed by atoms with Crippen molar-refractivity contribution in [1.29, 1.82) is 0 Å². The average Bonchev–Trinajstić information content (AvgIpc) is 3.26. The van der Waals surface area contributed by atoms with E-state index >= 15 is 0 Å². The summed E-state index contributed by atoms with van der Waals surface area (Å²) in [6.45, 7) is 2.30. The molecule has 0 bridgehead atoms. The molecule has 21 heavy (non-hydrogen) atoms. The standard InChI is InChI=1S/C15H19FO5/c1-2-20-15(18)12(16)13(17)14-11(21-14)9-19-8-10-6-4-3-5-7-10/h3-7,11-14,17H,2,8-9H2,1H3/t11-,12-,13+,14+/m0/s1. The Hall–Kier alpha value is -1.50. The average molecular weight is 298 g/mol. The molecule has 6 heteroatoms. The van der Waals surface area contributed by atoms with Crippen LogP contribution in [0.15, 0.2) is 30.3 Å². The molecule has 1 saturated heterocycles. The number of hydrogen-bond donors (Lipinski definition) is 1. The normalized spacial score (nSPS) is 23.4. The smallest absolute Gasteiger partial charge is 0.343 e. The first-order chi connectivity index (χ1) is 10.1. The van der Waals surface area contributed by atoms with Crippen molar-refractivity contribution in [2.75, 3.05) is 13.2 Å². The largest absolute Gasteiger partial charge is 0.464 e. The summed E-state index contributed by atoms with van der Waals surface area (Å²) in [6, 6.07) is 9.59. The van der Waals surface area contributed by atoms with Gasteiger partial charge >= 0.3 is 5.97 Å². The van der Waals surface area contributed by atoms with Crippen LogP contribution < -0.4 is 0 Å². The molecule has 0 unspecified atom stereocenters. The lowest BCUT2D eigenvalue weighted by molar-refractivity contribution is -0.154. The fourth-order valence-electron chi connectivity index (χ4n) is 1.99. The number of ether oxygens (including phenoxy) is 3. The number of aliphatic hydroxyl groups is 1. The van der Waals surface area contributed by atoms with E-state index in [9.17, 15) is 14.3 Å². The molecular formula is C15H19FO5. The minimum Gasteiger partial charge on any atom is -0.464 e. The molecule has 116 valence electrons. The Bertz CT molecular complexity index is 453. The van der Waals surface area contributed by atoms with E-state index in [0.29, 0.717) is 6.61 Å². The lowest BCUT2D eigenvalue weighted by Crippen LogP contribution is -2.36. The third-order valence-electron chi connectivity index (χ3n) is 3.16. The van der Waals surface area contributed by atoms with Crippen molar-refractivity contribution in [2.45, 2.75) is 38.0 Å². The fourth-order valence-corrected chi connectivity index (χ4v) is 1.99. The molecule has 0 aliphatic carbocycles. The van der Waals surface area contributed by atoms with Gasteiger partial charge in [-0.1, -0.05) is 30.3 Å². The Kier molecular flexibility index (Phi) is 5.67. The zero-order valence-electron chi connectivity index (χ0n) is 11.8. The van der Waals surface area contributed by atoms with Crippen LogP contribution in [0.25, 0.3) is 0 Å². The van der Waals surface area contributed by atoms with Crippen molar-refractivity contribution < 1.29 is 28.5 Å². The Morgan fingerprint density at radius 2 is 2.14 bits per heavy atom. The number of esters is 1.